The summed E-state index contributed by atoms with van der Waals surface area (Å²) in [5.41, 5.74) is 7.38. The number of hydrazone groups is 1. The number of aromatic hydroxyl groups is 1. The Morgan fingerprint density at radius 2 is 1.69 bits per heavy atom. The lowest BCUT2D eigenvalue weighted by atomic mass is 10.1. The third kappa shape index (κ3) is 3.27. The van der Waals surface area contributed by atoms with Crippen molar-refractivity contribution in [1.82, 2.24) is 10.9 Å². The van der Waals surface area contributed by atoms with Crippen LogP contribution in [0.5, 0.6) is 5.75 Å². The number of allylic oxidation sites excluding steroid dienone is 1. The summed E-state index contributed by atoms with van der Waals surface area (Å²) >= 11 is 0. The summed E-state index contributed by atoms with van der Waals surface area (Å²) in [7, 11) is 0. The van der Waals surface area contributed by atoms with E-state index in [1.807, 2.05) is 18.2 Å². The van der Waals surface area contributed by atoms with E-state index in [0.29, 0.717) is 22.7 Å². The molecule has 0 spiro atoms. The Hall–Kier alpha value is -3.61. The highest BCUT2D eigenvalue weighted by Gasteiger charge is 2.30. The number of carbonyl (C=O) groups excluding carboxylic acids is 2. The Morgan fingerprint density at radius 3 is 2.38 bits per heavy atom. The van der Waals surface area contributed by atoms with Gasteiger partial charge >= 0.3 is 0 Å². The van der Waals surface area contributed by atoms with Gasteiger partial charge in [0.05, 0.1) is 22.5 Å². The van der Waals surface area contributed by atoms with Crippen molar-refractivity contribution in [3.63, 3.8) is 0 Å². The number of nitrogens with one attached hydrogen (secondary N) is 2. The molecule has 0 aromatic heterocycles. The van der Waals surface area contributed by atoms with Crippen molar-refractivity contribution in [2.75, 3.05) is 5.01 Å². The number of anilines is 1. The van der Waals surface area contributed by atoms with Gasteiger partial charge in [-0.05, 0) is 38.1 Å². The fraction of sp³-hybridized carbons (Fsp3) is 0.105. The molecule has 7 nitrogen and oxygen atoms in total. The first-order valence-corrected chi connectivity index (χ1v) is 7.99. The molecule has 1 aliphatic rings. The number of para-hydroxylation sites is 2. The van der Waals surface area contributed by atoms with Crippen molar-refractivity contribution in [2.45, 2.75) is 13.8 Å². The third-order valence-electron chi connectivity index (χ3n) is 3.91. The number of rotatable bonds is 4. The molecule has 2 aromatic carbocycles. The van der Waals surface area contributed by atoms with Crippen LogP contribution in [-0.2, 0) is 4.79 Å². The van der Waals surface area contributed by atoms with Gasteiger partial charge in [-0.3, -0.25) is 15.0 Å². The van der Waals surface area contributed by atoms with Crippen molar-refractivity contribution >= 4 is 23.2 Å². The maximum absolute atomic E-state index is 12.7. The van der Waals surface area contributed by atoms with Gasteiger partial charge in [0.2, 0.25) is 0 Å². The number of phenolic OH excluding ortho intramolecular Hbond substituents is 1. The van der Waals surface area contributed by atoms with Crippen molar-refractivity contribution in [3.8, 4) is 5.75 Å². The van der Waals surface area contributed by atoms with Gasteiger partial charge < -0.3 is 10.5 Å². The van der Waals surface area contributed by atoms with Gasteiger partial charge in [-0.2, -0.15) is 10.1 Å². The van der Waals surface area contributed by atoms with Crippen LogP contribution < -0.4 is 15.9 Å². The van der Waals surface area contributed by atoms with Crippen molar-refractivity contribution < 1.29 is 14.7 Å². The predicted molar refractivity (Wildman–Crippen MR) is 98.4 cm³/mol. The topological polar surface area (TPSA) is 94.0 Å². The quantitative estimate of drug-likeness (QED) is 0.583. The molecule has 0 saturated carbocycles. The second-order valence-corrected chi connectivity index (χ2v) is 5.73. The molecule has 2 amide bonds. The number of hydrogen-bond donors (Lipinski definition) is 3. The third-order valence-corrected chi connectivity index (χ3v) is 3.91. The van der Waals surface area contributed by atoms with E-state index in [4.69, 9.17) is 0 Å². The molecule has 0 bridgehead atoms. The Balaban J connectivity index is 1.76. The van der Waals surface area contributed by atoms with Crippen LogP contribution in [0.3, 0.4) is 0 Å². The minimum Gasteiger partial charge on any atom is -0.507 e. The van der Waals surface area contributed by atoms with E-state index < -0.39 is 5.91 Å². The normalized spacial score (nSPS) is 15.5. The van der Waals surface area contributed by atoms with Crippen molar-refractivity contribution in [3.05, 3.63) is 71.4 Å². The van der Waals surface area contributed by atoms with Crippen LogP contribution in [0.15, 0.2) is 71.0 Å². The van der Waals surface area contributed by atoms with Crippen LogP contribution in [0.1, 0.15) is 24.2 Å². The van der Waals surface area contributed by atoms with Gasteiger partial charge in [0.25, 0.3) is 11.8 Å². The number of benzene rings is 2. The monoisotopic (exact) mass is 350 g/mol. The maximum atomic E-state index is 12.7. The molecule has 7 heteroatoms. The maximum Gasteiger partial charge on any atom is 0.282 e. The average molecular weight is 350 g/mol. The highest BCUT2D eigenvalue weighted by molar-refractivity contribution is 6.30. The molecule has 1 aliphatic heterocycles. The van der Waals surface area contributed by atoms with E-state index in [1.54, 1.807) is 38.1 Å². The molecule has 132 valence electrons. The minimum atomic E-state index is -0.511. The van der Waals surface area contributed by atoms with E-state index in [2.05, 4.69) is 16.0 Å². The number of hydrazine groups is 1. The highest BCUT2D eigenvalue weighted by Crippen LogP contribution is 2.24. The van der Waals surface area contributed by atoms with Crippen LogP contribution in [-0.4, -0.2) is 22.6 Å². The van der Waals surface area contributed by atoms with Gasteiger partial charge in [0.1, 0.15) is 5.75 Å². The molecule has 0 fully saturated rings. The lowest BCUT2D eigenvalue weighted by Crippen LogP contribution is -2.37. The van der Waals surface area contributed by atoms with E-state index in [0.717, 1.165) is 0 Å². The summed E-state index contributed by atoms with van der Waals surface area (Å²) < 4.78 is 0. The molecule has 1 heterocycles. The Labute approximate surface area is 150 Å². The largest absolute Gasteiger partial charge is 0.507 e. The standard InChI is InChI=1S/C19H18N4O3/c1-12(20-21-18(25)15-10-6-7-11-16(15)24)17-13(2)22-23(19(17)26)14-8-4-3-5-9-14/h3-11,20,24H,1-2H3,(H,21,25)/b17-12-. The van der Waals surface area contributed by atoms with E-state index in [1.165, 1.54) is 17.1 Å². The first-order chi connectivity index (χ1) is 12.5. The highest BCUT2D eigenvalue weighted by atomic mass is 16.3. The molecule has 0 atom stereocenters. The van der Waals surface area contributed by atoms with Gasteiger partial charge in [-0.15, -0.1) is 0 Å². The first kappa shape index (κ1) is 17.2. The van der Waals surface area contributed by atoms with Crippen LogP contribution in [0.25, 0.3) is 0 Å². The van der Waals surface area contributed by atoms with Crippen LogP contribution >= 0.6 is 0 Å². The van der Waals surface area contributed by atoms with Gasteiger partial charge in [0.15, 0.2) is 0 Å². The molecule has 0 radical (unpaired) electrons. The number of amides is 2. The molecule has 2 aromatic rings. The van der Waals surface area contributed by atoms with Crippen LogP contribution in [0.4, 0.5) is 5.69 Å². The summed E-state index contributed by atoms with van der Waals surface area (Å²) in [5.74, 6) is -0.916. The van der Waals surface area contributed by atoms with Gasteiger partial charge in [0, 0.05) is 5.70 Å². The van der Waals surface area contributed by atoms with Gasteiger partial charge in [-0.25, -0.2) is 0 Å². The number of nitrogens with zero attached hydrogens (tertiary/aromatic N) is 2. The Bertz CT molecular complexity index is 919. The van der Waals surface area contributed by atoms with Gasteiger partial charge in [-0.1, -0.05) is 30.3 Å². The Kier molecular flexibility index (Phi) is 4.70. The summed E-state index contributed by atoms with van der Waals surface area (Å²) in [5, 5.41) is 15.3. The number of phenols is 1. The SMILES string of the molecule is CC1=NN(c2ccccc2)C(=O)/C1=C(/C)NNC(=O)c1ccccc1O. The first-order valence-electron chi connectivity index (χ1n) is 7.99. The molecular weight excluding hydrogens is 332 g/mol. The van der Waals surface area contributed by atoms with E-state index in [9.17, 15) is 14.7 Å². The lowest BCUT2D eigenvalue weighted by molar-refractivity contribution is -0.114. The zero-order valence-corrected chi connectivity index (χ0v) is 14.4. The van der Waals surface area contributed by atoms with Crippen LogP contribution in [0, 0.1) is 0 Å². The molecule has 3 N–H and O–H groups in total. The fourth-order valence-electron chi connectivity index (χ4n) is 2.63. The Morgan fingerprint density at radius 1 is 1.04 bits per heavy atom. The molecule has 0 saturated heterocycles. The molecule has 26 heavy (non-hydrogen) atoms. The zero-order valence-electron chi connectivity index (χ0n) is 14.4. The number of carbonyl (C=O) groups is 2. The van der Waals surface area contributed by atoms with Crippen LogP contribution in [0.2, 0.25) is 0 Å². The van der Waals surface area contributed by atoms with Crippen molar-refractivity contribution in [2.24, 2.45) is 5.10 Å². The fourth-order valence-corrected chi connectivity index (χ4v) is 2.63. The molecule has 0 aliphatic carbocycles. The molecule has 0 unspecified atom stereocenters. The number of hydrogen-bond acceptors (Lipinski definition) is 5. The molecular formula is C19H18N4O3. The minimum absolute atomic E-state index is 0.123. The second-order valence-electron chi connectivity index (χ2n) is 5.73. The zero-order chi connectivity index (χ0) is 18.7. The molecule has 3 rings (SSSR count). The predicted octanol–water partition coefficient (Wildman–Crippen LogP) is 2.32. The van der Waals surface area contributed by atoms with E-state index >= 15 is 0 Å². The second kappa shape index (κ2) is 7.10. The summed E-state index contributed by atoms with van der Waals surface area (Å²) in [6.07, 6.45) is 0. The van der Waals surface area contributed by atoms with E-state index in [-0.39, 0.29) is 17.2 Å². The average Bonchev–Trinajstić information content (AvgIpc) is 2.95. The summed E-state index contributed by atoms with van der Waals surface area (Å²) in [6.45, 7) is 3.40. The lowest BCUT2D eigenvalue weighted by Gasteiger charge is -2.13. The summed E-state index contributed by atoms with van der Waals surface area (Å²) in [6, 6.07) is 15.3. The summed E-state index contributed by atoms with van der Waals surface area (Å²) in [4.78, 5) is 24.8. The van der Waals surface area contributed by atoms with Crippen molar-refractivity contribution in [1.29, 1.82) is 0 Å². The smallest absolute Gasteiger partial charge is 0.282 e.